The van der Waals surface area contributed by atoms with E-state index in [-0.39, 0.29) is 6.10 Å². The summed E-state index contributed by atoms with van der Waals surface area (Å²) in [6.45, 7) is 4.60. The van der Waals surface area contributed by atoms with Gasteiger partial charge in [-0.3, -0.25) is 0 Å². The molecular formula is C22H36O2S. The van der Waals surface area contributed by atoms with Gasteiger partial charge in [0.15, 0.2) is 0 Å². The van der Waals surface area contributed by atoms with Gasteiger partial charge < -0.3 is 9.84 Å². The van der Waals surface area contributed by atoms with E-state index in [9.17, 15) is 5.11 Å². The standard InChI is InChI=1S/C22H36O2S/c1-14(23)18-7-8-20-17-6-5-15-13-16(24-3)9-11-21(15,2)19(17)10-12-22(18,20)25-4/h5,14,16-20,23H,6-13H2,1-4H3/t14-,16+,17?,18?,19?,20?,21+,22+/m1/s1. The number of hydrogen-bond donors (Lipinski definition) is 1. The molecule has 4 unspecified atom stereocenters. The Morgan fingerprint density at radius 1 is 1.20 bits per heavy atom. The fraction of sp³-hybridized carbons (Fsp3) is 0.909. The van der Waals surface area contributed by atoms with Crippen LogP contribution in [0.5, 0.6) is 0 Å². The monoisotopic (exact) mass is 364 g/mol. The van der Waals surface area contributed by atoms with E-state index >= 15 is 0 Å². The fourth-order valence-electron chi connectivity index (χ4n) is 7.54. The zero-order chi connectivity index (χ0) is 17.8. The highest BCUT2D eigenvalue weighted by molar-refractivity contribution is 8.00. The van der Waals surface area contributed by atoms with Crippen LogP contribution in [0.2, 0.25) is 0 Å². The highest BCUT2D eigenvalue weighted by Gasteiger charge is 2.60. The first-order valence-corrected chi connectivity index (χ1v) is 11.6. The number of thioether (sulfide) groups is 1. The summed E-state index contributed by atoms with van der Waals surface area (Å²) in [6, 6.07) is 0. The lowest BCUT2D eigenvalue weighted by atomic mass is 9.50. The van der Waals surface area contributed by atoms with Crippen LogP contribution in [0.15, 0.2) is 11.6 Å². The predicted octanol–water partition coefficient (Wildman–Crippen LogP) is 5.06. The largest absolute Gasteiger partial charge is 0.393 e. The van der Waals surface area contributed by atoms with Gasteiger partial charge in [0, 0.05) is 11.9 Å². The smallest absolute Gasteiger partial charge is 0.0608 e. The second-order valence-electron chi connectivity index (χ2n) is 9.48. The van der Waals surface area contributed by atoms with Crippen LogP contribution in [0, 0.1) is 29.1 Å². The molecule has 0 heterocycles. The minimum absolute atomic E-state index is 0.156. The van der Waals surface area contributed by atoms with Crippen LogP contribution in [-0.4, -0.2) is 35.4 Å². The maximum atomic E-state index is 10.4. The van der Waals surface area contributed by atoms with Crippen LogP contribution in [0.4, 0.5) is 0 Å². The maximum Gasteiger partial charge on any atom is 0.0608 e. The van der Waals surface area contributed by atoms with Gasteiger partial charge in [0.25, 0.3) is 0 Å². The molecule has 0 aromatic carbocycles. The van der Waals surface area contributed by atoms with Crippen molar-refractivity contribution in [3.8, 4) is 0 Å². The van der Waals surface area contributed by atoms with E-state index in [2.05, 4.69) is 31.0 Å². The zero-order valence-electron chi connectivity index (χ0n) is 16.5. The lowest BCUT2D eigenvalue weighted by molar-refractivity contribution is -0.0186. The van der Waals surface area contributed by atoms with E-state index < -0.39 is 0 Å². The normalized spacial score (nSPS) is 50.4. The van der Waals surface area contributed by atoms with Crippen molar-refractivity contribution >= 4 is 11.8 Å². The number of ether oxygens (including phenoxy) is 1. The molecule has 4 rings (SSSR count). The molecule has 25 heavy (non-hydrogen) atoms. The molecule has 0 amide bonds. The van der Waals surface area contributed by atoms with Gasteiger partial charge in [-0.15, -0.1) is 0 Å². The van der Waals surface area contributed by atoms with E-state index in [1.54, 1.807) is 5.57 Å². The van der Waals surface area contributed by atoms with Gasteiger partial charge in [0.2, 0.25) is 0 Å². The van der Waals surface area contributed by atoms with Crippen molar-refractivity contribution in [2.75, 3.05) is 13.4 Å². The van der Waals surface area contributed by atoms with Crippen LogP contribution < -0.4 is 0 Å². The van der Waals surface area contributed by atoms with E-state index in [0.717, 1.165) is 24.2 Å². The summed E-state index contributed by atoms with van der Waals surface area (Å²) in [5.74, 6) is 2.98. The predicted molar refractivity (Wildman–Crippen MR) is 106 cm³/mol. The first-order valence-electron chi connectivity index (χ1n) is 10.4. The Morgan fingerprint density at radius 3 is 2.68 bits per heavy atom. The molecule has 0 bridgehead atoms. The molecular weight excluding hydrogens is 328 g/mol. The Kier molecular flexibility index (Phi) is 4.82. The highest BCUT2D eigenvalue weighted by atomic mass is 32.2. The van der Waals surface area contributed by atoms with Crippen molar-refractivity contribution in [1.29, 1.82) is 0 Å². The molecule has 0 aromatic heterocycles. The molecule has 0 radical (unpaired) electrons. The molecule has 0 saturated heterocycles. The first-order chi connectivity index (χ1) is 12.0. The van der Waals surface area contributed by atoms with Crippen LogP contribution >= 0.6 is 11.8 Å². The molecule has 142 valence electrons. The minimum atomic E-state index is -0.156. The van der Waals surface area contributed by atoms with E-state index in [0.29, 0.717) is 22.2 Å². The fourth-order valence-corrected chi connectivity index (χ4v) is 9.08. The van der Waals surface area contributed by atoms with Crippen molar-refractivity contribution < 1.29 is 9.84 Å². The van der Waals surface area contributed by atoms with Gasteiger partial charge in [-0.05, 0) is 93.6 Å². The Bertz CT molecular complexity index is 544. The molecule has 0 spiro atoms. The molecule has 4 aliphatic rings. The van der Waals surface area contributed by atoms with Gasteiger partial charge in [0.05, 0.1) is 12.2 Å². The lowest BCUT2D eigenvalue weighted by Crippen LogP contribution is -2.54. The average molecular weight is 365 g/mol. The maximum absolute atomic E-state index is 10.4. The van der Waals surface area contributed by atoms with Crippen molar-refractivity contribution in [1.82, 2.24) is 0 Å². The van der Waals surface area contributed by atoms with Crippen molar-refractivity contribution in [2.24, 2.45) is 29.1 Å². The molecule has 8 atom stereocenters. The summed E-state index contributed by atoms with van der Waals surface area (Å²) < 4.78 is 6.03. The third-order valence-electron chi connectivity index (χ3n) is 8.84. The van der Waals surface area contributed by atoms with Gasteiger partial charge >= 0.3 is 0 Å². The number of aliphatic hydroxyl groups is 1. The van der Waals surface area contributed by atoms with Gasteiger partial charge in [-0.1, -0.05) is 18.6 Å². The number of fused-ring (bicyclic) bond motifs is 5. The van der Waals surface area contributed by atoms with Gasteiger partial charge in [0.1, 0.15) is 0 Å². The molecule has 1 N–H and O–H groups in total. The number of hydrogen-bond acceptors (Lipinski definition) is 3. The van der Waals surface area contributed by atoms with E-state index in [1.807, 2.05) is 14.0 Å². The topological polar surface area (TPSA) is 29.5 Å². The molecule has 3 fully saturated rings. The molecule has 2 nitrogen and oxygen atoms in total. The summed E-state index contributed by atoms with van der Waals surface area (Å²) in [7, 11) is 1.88. The van der Waals surface area contributed by atoms with Crippen LogP contribution in [0.25, 0.3) is 0 Å². The Labute approximate surface area is 158 Å². The summed E-state index contributed by atoms with van der Waals surface area (Å²) >= 11 is 2.09. The third kappa shape index (κ3) is 2.59. The van der Waals surface area contributed by atoms with Gasteiger partial charge in [-0.2, -0.15) is 11.8 Å². The van der Waals surface area contributed by atoms with Crippen LogP contribution in [0.3, 0.4) is 0 Å². The second kappa shape index (κ2) is 6.56. The number of methoxy groups -OCH3 is 1. The highest BCUT2D eigenvalue weighted by Crippen LogP contribution is 2.66. The Balaban J connectivity index is 1.64. The quantitative estimate of drug-likeness (QED) is 0.710. The summed E-state index contributed by atoms with van der Waals surface area (Å²) in [4.78, 5) is 0. The van der Waals surface area contributed by atoms with Crippen LogP contribution in [-0.2, 0) is 4.74 Å². The van der Waals surface area contributed by atoms with Crippen LogP contribution in [0.1, 0.15) is 65.2 Å². The zero-order valence-corrected chi connectivity index (χ0v) is 17.3. The van der Waals surface area contributed by atoms with Crippen molar-refractivity contribution in [2.45, 2.75) is 82.2 Å². The molecule has 3 saturated carbocycles. The molecule has 0 aromatic rings. The van der Waals surface area contributed by atoms with Gasteiger partial charge in [-0.25, -0.2) is 0 Å². The van der Waals surface area contributed by atoms with Crippen molar-refractivity contribution in [3.63, 3.8) is 0 Å². The minimum Gasteiger partial charge on any atom is -0.393 e. The Morgan fingerprint density at radius 2 is 2.00 bits per heavy atom. The summed E-state index contributed by atoms with van der Waals surface area (Å²) in [5, 5.41) is 10.4. The third-order valence-corrected chi connectivity index (χ3v) is 10.4. The molecule has 4 aliphatic carbocycles. The average Bonchev–Trinajstić information content (AvgIpc) is 3.01. The first kappa shape index (κ1) is 18.4. The SMILES string of the molecule is CO[C@H]1CC[C@@]2(C)C(=CCC3C4CCC([C@@H](C)O)[C@@]4(SC)CCC32)C1. The molecule has 0 aliphatic heterocycles. The van der Waals surface area contributed by atoms with E-state index in [4.69, 9.17) is 4.74 Å². The van der Waals surface area contributed by atoms with Crippen molar-refractivity contribution in [3.05, 3.63) is 11.6 Å². The second-order valence-corrected chi connectivity index (χ2v) is 10.7. The summed E-state index contributed by atoms with van der Waals surface area (Å²) in [5.41, 5.74) is 2.11. The number of aliphatic hydroxyl groups excluding tert-OH is 1. The summed E-state index contributed by atoms with van der Waals surface area (Å²) in [6.07, 6.45) is 15.4. The lowest BCUT2D eigenvalue weighted by Gasteiger charge is -2.58. The molecule has 3 heteroatoms. The number of allylic oxidation sites excluding steroid dienone is 1. The number of rotatable bonds is 3. The van der Waals surface area contributed by atoms with E-state index in [1.165, 1.54) is 44.9 Å². The Hall–Kier alpha value is 0.01000.